The van der Waals surface area contributed by atoms with Gasteiger partial charge in [-0.2, -0.15) is 0 Å². The molecule has 0 bridgehead atoms. The SMILES string of the molecule is CCc1ccc(C(=O)NN(C(=O)c2cc(C)c(C)c(Cl)c2)C(C)(C)C)cc1. The standard InChI is InChI=1S/C22H27ClN2O2/c1-7-16-8-10-17(11-9-16)20(26)24-25(22(4,5)6)21(27)18-12-14(2)15(3)19(23)13-18/h8-13H,7H2,1-6H3,(H,24,26). The van der Waals surface area contributed by atoms with Gasteiger partial charge in [-0.25, -0.2) is 5.01 Å². The molecule has 5 heteroatoms. The number of hydrogen-bond donors (Lipinski definition) is 1. The third-order valence-electron chi connectivity index (χ3n) is 4.56. The number of rotatable bonds is 3. The van der Waals surface area contributed by atoms with E-state index in [9.17, 15) is 9.59 Å². The van der Waals surface area contributed by atoms with Gasteiger partial charge in [-0.1, -0.05) is 30.7 Å². The summed E-state index contributed by atoms with van der Waals surface area (Å²) in [5, 5.41) is 1.90. The van der Waals surface area contributed by atoms with E-state index in [0.29, 0.717) is 16.1 Å². The second-order valence-electron chi connectivity index (χ2n) is 7.70. The molecular weight excluding hydrogens is 360 g/mol. The van der Waals surface area contributed by atoms with Crippen LogP contribution >= 0.6 is 11.6 Å². The van der Waals surface area contributed by atoms with Crippen molar-refractivity contribution in [2.45, 2.75) is 53.5 Å². The zero-order valence-corrected chi connectivity index (χ0v) is 17.6. The topological polar surface area (TPSA) is 49.4 Å². The maximum atomic E-state index is 13.1. The number of carbonyl (C=O) groups is 2. The molecule has 0 fully saturated rings. The van der Waals surface area contributed by atoms with Crippen LogP contribution in [0, 0.1) is 13.8 Å². The molecule has 27 heavy (non-hydrogen) atoms. The molecular formula is C22H27ClN2O2. The minimum absolute atomic E-state index is 0.300. The number of nitrogens with one attached hydrogen (secondary N) is 1. The van der Waals surface area contributed by atoms with E-state index in [1.165, 1.54) is 5.01 Å². The van der Waals surface area contributed by atoms with Crippen molar-refractivity contribution in [1.29, 1.82) is 0 Å². The summed E-state index contributed by atoms with van der Waals surface area (Å²) in [5.41, 5.74) is 6.13. The fourth-order valence-corrected chi connectivity index (χ4v) is 2.92. The average Bonchev–Trinajstić information content (AvgIpc) is 2.62. The van der Waals surface area contributed by atoms with Gasteiger partial charge >= 0.3 is 0 Å². The van der Waals surface area contributed by atoms with E-state index >= 15 is 0 Å². The minimum Gasteiger partial charge on any atom is -0.267 e. The fourth-order valence-electron chi connectivity index (χ4n) is 2.65. The summed E-state index contributed by atoms with van der Waals surface area (Å²) in [6.07, 6.45) is 0.905. The van der Waals surface area contributed by atoms with Gasteiger partial charge in [0, 0.05) is 16.1 Å². The predicted octanol–water partition coefficient (Wildman–Crippen LogP) is 5.10. The molecule has 2 rings (SSSR count). The Kier molecular flexibility index (Phi) is 6.32. The third-order valence-corrected chi connectivity index (χ3v) is 4.96. The van der Waals surface area contributed by atoms with E-state index in [1.807, 2.05) is 46.8 Å². The Morgan fingerprint density at radius 2 is 1.63 bits per heavy atom. The van der Waals surface area contributed by atoms with Crippen molar-refractivity contribution in [2.75, 3.05) is 0 Å². The van der Waals surface area contributed by atoms with Crippen LogP contribution in [0.4, 0.5) is 0 Å². The number of aryl methyl sites for hydroxylation is 2. The van der Waals surface area contributed by atoms with Crippen LogP contribution in [-0.2, 0) is 6.42 Å². The summed E-state index contributed by atoms with van der Waals surface area (Å²) in [6.45, 7) is 11.5. The van der Waals surface area contributed by atoms with Gasteiger partial charge in [0.1, 0.15) is 0 Å². The van der Waals surface area contributed by atoms with Gasteiger partial charge in [0.2, 0.25) is 0 Å². The summed E-state index contributed by atoms with van der Waals surface area (Å²) in [6, 6.07) is 10.8. The van der Waals surface area contributed by atoms with Crippen molar-refractivity contribution in [2.24, 2.45) is 0 Å². The second-order valence-corrected chi connectivity index (χ2v) is 8.11. The van der Waals surface area contributed by atoms with Crippen LogP contribution in [0.2, 0.25) is 5.02 Å². The molecule has 0 spiro atoms. The molecule has 0 saturated carbocycles. The summed E-state index contributed by atoms with van der Waals surface area (Å²) in [5.74, 6) is -0.623. The normalized spacial score (nSPS) is 11.2. The number of halogens is 1. The Morgan fingerprint density at radius 3 is 2.11 bits per heavy atom. The van der Waals surface area contributed by atoms with Crippen LogP contribution in [0.25, 0.3) is 0 Å². The summed E-state index contributed by atoms with van der Waals surface area (Å²) >= 11 is 6.25. The van der Waals surface area contributed by atoms with Crippen LogP contribution in [0.3, 0.4) is 0 Å². The van der Waals surface area contributed by atoms with Gasteiger partial charge < -0.3 is 0 Å². The van der Waals surface area contributed by atoms with Gasteiger partial charge in [0.05, 0.1) is 5.54 Å². The molecule has 1 N–H and O–H groups in total. The minimum atomic E-state index is -0.610. The number of hydrogen-bond acceptors (Lipinski definition) is 2. The molecule has 4 nitrogen and oxygen atoms in total. The maximum absolute atomic E-state index is 13.1. The second kappa shape index (κ2) is 8.13. The lowest BCUT2D eigenvalue weighted by atomic mass is 10.0. The number of benzene rings is 2. The average molecular weight is 387 g/mol. The molecule has 0 aromatic heterocycles. The first kappa shape index (κ1) is 21.0. The molecule has 2 aromatic carbocycles. The van der Waals surface area contributed by atoms with Gasteiger partial charge in [0.15, 0.2) is 0 Å². The molecule has 2 aromatic rings. The molecule has 2 amide bonds. The lowest BCUT2D eigenvalue weighted by Gasteiger charge is -2.35. The molecule has 0 aliphatic carbocycles. The highest BCUT2D eigenvalue weighted by Crippen LogP contribution is 2.24. The highest BCUT2D eigenvalue weighted by atomic mass is 35.5. The first-order chi connectivity index (χ1) is 12.5. The van der Waals surface area contributed by atoms with Crippen molar-refractivity contribution in [1.82, 2.24) is 10.4 Å². The smallest absolute Gasteiger partial charge is 0.267 e. The van der Waals surface area contributed by atoms with Crippen LogP contribution in [-0.4, -0.2) is 22.4 Å². The van der Waals surface area contributed by atoms with Gasteiger partial charge in [-0.3, -0.25) is 15.0 Å². The van der Waals surface area contributed by atoms with Crippen molar-refractivity contribution in [3.05, 3.63) is 69.2 Å². The Morgan fingerprint density at radius 1 is 1.04 bits per heavy atom. The number of hydrazine groups is 1. The number of carbonyl (C=O) groups excluding carboxylic acids is 2. The highest BCUT2D eigenvalue weighted by molar-refractivity contribution is 6.31. The number of nitrogens with zero attached hydrogens (tertiary/aromatic N) is 1. The lowest BCUT2D eigenvalue weighted by molar-refractivity contribution is 0.0358. The van der Waals surface area contributed by atoms with Crippen molar-refractivity contribution in [3.63, 3.8) is 0 Å². The molecule has 0 saturated heterocycles. The van der Waals surface area contributed by atoms with Gasteiger partial charge in [-0.05, 0) is 82.0 Å². The van der Waals surface area contributed by atoms with Gasteiger partial charge in [-0.15, -0.1) is 0 Å². The van der Waals surface area contributed by atoms with Crippen LogP contribution in [0.1, 0.15) is 65.1 Å². The fraction of sp³-hybridized carbons (Fsp3) is 0.364. The van der Waals surface area contributed by atoms with Crippen molar-refractivity contribution < 1.29 is 9.59 Å². The predicted molar refractivity (Wildman–Crippen MR) is 110 cm³/mol. The van der Waals surface area contributed by atoms with Crippen LogP contribution in [0.5, 0.6) is 0 Å². The summed E-state index contributed by atoms with van der Waals surface area (Å²) in [7, 11) is 0. The zero-order chi connectivity index (χ0) is 20.4. The third kappa shape index (κ3) is 4.89. The summed E-state index contributed by atoms with van der Waals surface area (Å²) in [4.78, 5) is 25.8. The first-order valence-corrected chi connectivity index (χ1v) is 9.43. The van der Waals surface area contributed by atoms with Crippen molar-refractivity contribution in [3.8, 4) is 0 Å². The first-order valence-electron chi connectivity index (χ1n) is 9.05. The Bertz CT molecular complexity index is 829. The van der Waals surface area contributed by atoms with E-state index in [2.05, 4.69) is 12.3 Å². The molecule has 0 aliphatic heterocycles. The Hall–Kier alpha value is -2.33. The van der Waals surface area contributed by atoms with Gasteiger partial charge in [0.25, 0.3) is 11.8 Å². The van der Waals surface area contributed by atoms with E-state index in [-0.39, 0.29) is 11.8 Å². The molecule has 0 radical (unpaired) electrons. The van der Waals surface area contributed by atoms with E-state index in [4.69, 9.17) is 11.6 Å². The quantitative estimate of drug-likeness (QED) is 0.745. The molecule has 0 aliphatic rings. The molecule has 144 valence electrons. The zero-order valence-electron chi connectivity index (χ0n) is 16.8. The Labute approximate surface area is 166 Å². The van der Waals surface area contributed by atoms with Crippen LogP contribution in [0.15, 0.2) is 36.4 Å². The Balaban J connectivity index is 2.32. The summed E-state index contributed by atoms with van der Waals surface area (Å²) < 4.78 is 0. The molecule has 0 heterocycles. The molecule has 0 unspecified atom stereocenters. The highest BCUT2D eigenvalue weighted by Gasteiger charge is 2.30. The van der Waals surface area contributed by atoms with Crippen LogP contribution < -0.4 is 5.43 Å². The lowest BCUT2D eigenvalue weighted by Crippen LogP contribution is -2.55. The van der Waals surface area contributed by atoms with Crippen molar-refractivity contribution >= 4 is 23.4 Å². The van der Waals surface area contributed by atoms with E-state index < -0.39 is 5.54 Å². The number of amides is 2. The molecule has 0 atom stereocenters. The van der Waals surface area contributed by atoms with E-state index in [1.54, 1.807) is 24.3 Å². The largest absolute Gasteiger partial charge is 0.272 e. The monoisotopic (exact) mass is 386 g/mol. The maximum Gasteiger partial charge on any atom is 0.272 e. The van der Waals surface area contributed by atoms with E-state index in [0.717, 1.165) is 23.1 Å².